The number of nitrogens with one attached hydrogen (secondary N) is 1. The molecule has 0 atom stereocenters. The summed E-state index contributed by atoms with van der Waals surface area (Å²) in [5, 5.41) is 7.98. The molecule has 0 saturated carbocycles. The number of carbonyl (C=O) groups excluding carboxylic acids is 1. The minimum absolute atomic E-state index is 0.0644. The minimum Gasteiger partial charge on any atom is -0.461 e. The Balaban J connectivity index is 3.26. The van der Waals surface area contributed by atoms with Crippen LogP contribution in [0.5, 0.6) is 0 Å². The van der Waals surface area contributed by atoms with E-state index in [1.54, 1.807) is 6.92 Å². The van der Waals surface area contributed by atoms with Gasteiger partial charge in [-0.25, -0.2) is 4.79 Å². The molecular formula is C15H21NO2. The van der Waals surface area contributed by atoms with Gasteiger partial charge in [0.25, 0.3) is 0 Å². The molecule has 18 heavy (non-hydrogen) atoms. The third-order valence-corrected chi connectivity index (χ3v) is 2.73. The summed E-state index contributed by atoms with van der Waals surface area (Å²) in [6, 6.07) is 5.86. The van der Waals surface area contributed by atoms with Crippen molar-refractivity contribution < 1.29 is 9.53 Å². The molecule has 3 heteroatoms. The fourth-order valence-corrected chi connectivity index (χ4v) is 1.83. The molecule has 0 fully saturated rings. The van der Waals surface area contributed by atoms with Crippen molar-refractivity contribution in [2.75, 3.05) is 6.61 Å². The normalized spacial score (nSPS) is 11.2. The van der Waals surface area contributed by atoms with Crippen molar-refractivity contribution in [2.24, 2.45) is 0 Å². The van der Waals surface area contributed by atoms with Gasteiger partial charge in [0.2, 0.25) is 0 Å². The highest BCUT2D eigenvalue weighted by molar-refractivity contribution is 6.42. The Hall–Kier alpha value is -1.64. The molecule has 1 rings (SSSR count). The molecule has 0 bridgehead atoms. The van der Waals surface area contributed by atoms with Crippen LogP contribution in [0, 0.1) is 12.3 Å². The molecule has 0 aromatic heterocycles. The number of hydrogen-bond donors (Lipinski definition) is 1. The first kappa shape index (κ1) is 14.4. The quantitative estimate of drug-likeness (QED) is 0.658. The summed E-state index contributed by atoms with van der Waals surface area (Å²) in [6.45, 7) is 10.2. The lowest BCUT2D eigenvalue weighted by atomic mass is 9.82. The first-order chi connectivity index (χ1) is 8.27. The van der Waals surface area contributed by atoms with Gasteiger partial charge in [-0.05, 0) is 30.9 Å². The highest BCUT2D eigenvalue weighted by Gasteiger charge is 2.23. The van der Waals surface area contributed by atoms with E-state index in [0.29, 0.717) is 5.56 Å². The Morgan fingerprint density at radius 2 is 1.94 bits per heavy atom. The number of carbonyl (C=O) groups is 1. The van der Waals surface area contributed by atoms with Crippen LogP contribution >= 0.6 is 0 Å². The molecule has 0 aliphatic rings. The Morgan fingerprint density at radius 3 is 2.44 bits per heavy atom. The Labute approximate surface area is 109 Å². The maximum atomic E-state index is 11.7. The molecule has 0 aliphatic heterocycles. The lowest BCUT2D eigenvalue weighted by molar-refractivity contribution is -0.135. The van der Waals surface area contributed by atoms with Crippen molar-refractivity contribution in [1.29, 1.82) is 5.41 Å². The SMILES string of the molecule is CCOC(=O)C(=N)c1cc(C)ccc1C(C)(C)C. The second-order valence-corrected chi connectivity index (χ2v) is 5.39. The van der Waals surface area contributed by atoms with Crippen LogP contribution in [0.15, 0.2) is 18.2 Å². The monoisotopic (exact) mass is 247 g/mol. The molecule has 98 valence electrons. The van der Waals surface area contributed by atoms with Crippen LogP contribution in [0.25, 0.3) is 0 Å². The van der Waals surface area contributed by atoms with Gasteiger partial charge in [-0.1, -0.05) is 38.5 Å². The lowest BCUT2D eigenvalue weighted by Gasteiger charge is -2.23. The average molecular weight is 247 g/mol. The van der Waals surface area contributed by atoms with Crippen molar-refractivity contribution in [3.05, 3.63) is 34.9 Å². The van der Waals surface area contributed by atoms with Crippen molar-refractivity contribution in [3.8, 4) is 0 Å². The van der Waals surface area contributed by atoms with Crippen molar-refractivity contribution >= 4 is 11.7 Å². The van der Waals surface area contributed by atoms with Gasteiger partial charge < -0.3 is 4.74 Å². The highest BCUT2D eigenvalue weighted by atomic mass is 16.5. The van der Waals surface area contributed by atoms with Gasteiger partial charge in [0.05, 0.1) is 6.61 Å². The second kappa shape index (κ2) is 5.34. The standard InChI is InChI=1S/C15H21NO2/c1-6-18-14(17)13(16)11-9-10(2)7-8-12(11)15(3,4)5/h7-9,16H,6H2,1-5H3. The van der Waals surface area contributed by atoms with Crippen LogP contribution in [0.2, 0.25) is 0 Å². The molecular weight excluding hydrogens is 226 g/mol. The molecule has 0 heterocycles. The van der Waals surface area contributed by atoms with E-state index in [0.717, 1.165) is 11.1 Å². The number of ether oxygens (including phenoxy) is 1. The molecule has 0 aliphatic carbocycles. The molecule has 0 unspecified atom stereocenters. The van der Waals surface area contributed by atoms with E-state index >= 15 is 0 Å². The minimum atomic E-state index is -0.561. The van der Waals surface area contributed by atoms with E-state index in [1.165, 1.54) is 0 Å². The van der Waals surface area contributed by atoms with Crippen molar-refractivity contribution in [1.82, 2.24) is 0 Å². The van der Waals surface area contributed by atoms with Gasteiger partial charge in [-0.2, -0.15) is 0 Å². The van der Waals surface area contributed by atoms with Gasteiger partial charge in [0, 0.05) is 5.56 Å². The smallest absolute Gasteiger partial charge is 0.356 e. The van der Waals surface area contributed by atoms with Crippen LogP contribution in [-0.4, -0.2) is 18.3 Å². The summed E-state index contributed by atoms with van der Waals surface area (Å²) in [4.78, 5) is 11.7. The fraction of sp³-hybridized carbons (Fsp3) is 0.467. The summed E-state index contributed by atoms with van der Waals surface area (Å²) in [5.41, 5.74) is 2.52. The van der Waals surface area contributed by atoms with Crippen molar-refractivity contribution in [3.63, 3.8) is 0 Å². The zero-order chi connectivity index (χ0) is 13.9. The molecule has 1 N–H and O–H groups in total. The summed E-state index contributed by atoms with van der Waals surface area (Å²) in [6.07, 6.45) is 0. The highest BCUT2D eigenvalue weighted by Crippen LogP contribution is 2.27. The molecule has 0 spiro atoms. The van der Waals surface area contributed by atoms with E-state index in [9.17, 15) is 4.79 Å². The Morgan fingerprint density at radius 1 is 1.33 bits per heavy atom. The van der Waals surface area contributed by atoms with E-state index in [-0.39, 0.29) is 17.7 Å². The molecule has 0 amide bonds. The zero-order valence-corrected chi connectivity index (χ0v) is 11.8. The molecule has 1 aromatic carbocycles. The van der Waals surface area contributed by atoms with Crippen LogP contribution in [0.3, 0.4) is 0 Å². The number of benzene rings is 1. The van der Waals surface area contributed by atoms with Crippen molar-refractivity contribution in [2.45, 2.75) is 40.0 Å². The van der Waals surface area contributed by atoms with Crippen LogP contribution < -0.4 is 0 Å². The summed E-state index contributed by atoms with van der Waals surface area (Å²) < 4.78 is 4.90. The fourth-order valence-electron chi connectivity index (χ4n) is 1.83. The van der Waals surface area contributed by atoms with Gasteiger partial charge >= 0.3 is 5.97 Å². The molecule has 1 aromatic rings. The summed E-state index contributed by atoms with van der Waals surface area (Å²) in [5.74, 6) is -0.561. The number of rotatable bonds is 3. The number of aryl methyl sites for hydroxylation is 1. The second-order valence-electron chi connectivity index (χ2n) is 5.39. The van der Waals surface area contributed by atoms with Gasteiger partial charge in [0.15, 0.2) is 0 Å². The van der Waals surface area contributed by atoms with Crippen LogP contribution in [0.4, 0.5) is 0 Å². The van der Waals surface area contributed by atoms with Gasteiger partial charge in [-0.3, -0.25) is 5.41 Å². The Bertz CT molecular complexity index is 470. The lowest BCUT2D eigenvalue weighted by Crippen LogP contribution is -2.23. The molecule has 0 saturated heterocycles. The van der Waals surface area contributed by atoms with E-state index in [1.807, 2.05) is 25.1 Å². The van der Waals surface area contributed by atoms with E-state index in [2.05, 4.69) is 20.8 Å². The van der Waals surface area contributed by atoms with E-state index in [4.69, 9.17) is 10.1 Å². The summed E-state index contributed by atoms with van der Waals surface area (Å²) >= 11 is 0. The maximum absolute atomic E-state index is 11.7. The van der Waals surface area contributed by atoms with Gasteiger partial charge in [-0.15, -0.1) is 0 Å². The Kier molecular flexibility index (Phi) is 4.28. The topological polar surface area (TPSA) is 50.2 Å². The maximum Gasteiger partial charge on any atom is 0.356 e. The van der Waals surface area contributed by atoms with Gasteiger partial charge in [0.1, 0.15) is 5.71 Å². The predicted octanol–water partition coefficient (Wildman–Crippen LogP) is 3.22. The molecule has 3 nitrogen and oxygen atoms in total. The molecule has 0 radical (unpaired) electrons. The predicted molar refractivity (Wildman–Crippen MR) is 73.3 cm³/mol. The average Bonchev–Trinajstić information content (AvgIpc) is 2.26. The first-order valence-corrected chi connectivity index (χ1v) is 6.14. The largest absolute Gasteiger partial charge is 0.461 e. The summed E-state index contributed by atoms with van der Waals surface area (Å²) in [7, 11) is 0. The van der Waals surface area contributed by atoms with Crippen LogP contribution in [0.1, 0.15) is 44.4 Å². The number of esters is 1. The number of hydrogen-bond acceptors (Lipinski definition) is 3. The van der Waals surface area contributed by atoms with Crippen LogP contribution in [-0.2, 0) is 14.9 Å². The first-order valence-electron chi connectivity index (χ1n) is 6.14. The van der Waals surface area contributed by atoms with E-state index < -0.39 is 5.97 Å². The third kappa shape index (κ3) is 3.19. The zero-order valence-electron chi connectivity index (χ0n) is 11.8. The third-order valence-electron chi connectivity index (χ3n) is 2.73.